The molecule has 2 N–H and O–H groups in total. The predicted octanol–water partition coefficient (Wildman–Crippen LogP) is 1.32. The van der Waals surface area contributed by atoms with E-state index >= 15 is 0 Å². The number of hydrogen-bond acceptors (Lipinski definition) is 4. The van der Waals surface area contributed by atoms with Crippen LogP contribution in [0.3, 0.4) is 0 Å². The van der Waals surface area contributed by atoms with Gasteiger partial charge in [-0.3, -0.25) is 9.69 Å². The number of piperidine rings is 1. The normalized spacial score (nSPS) is 16.7. The van der Waals surface area contributed by atoms with Crippen molar-refractivity contribution < 1.29 is 9.90 Å². The van der Waals surface area contributed by atoms with Gasteiger partial charge in [0.05, 0.1) is 0 Å². The van der Waals surface area contributed by atoms with E-state index in [0.717, 1.165) is 32.6 Å². The van der Waals surface area contributed by atoms with Crippen LogP contribution in [0.25, 0.3) is 0 Å². The van der Waals surface area contributed by atoms with Crippen molar-refractivity contribution in [2.75, 3.05) is 40.3 Å². The van der Waals surface area contributed by atoms with E-state index in [4.69, 9.17) is 5.11 Å². The number of likely N-dealkylation sites (tertiary alicyclic amines) is 1. The zero-order valence-corrected chi connectivity index (χ0v) is 14.3. The van der Waals surface area contributed by atoms with Crippen LogP contribution in [0, 0.1) is 0 Å². The number of carbonyl (C=O) groups is 1. The summed E-state index contributed by atoms with van der Waals surface area (Å²) in [5.74, 6) is -0.0386. The molecule has 0 spiro atoms. The van der Waals surface area contributed by atoms with Crippen molar-refractivity contribution in [3.8, 4) is 0 Å². The molecule has 0 atom stereocenters. The van der Waals surface area contributed by atoms with Gasteiger partial charge in [0.25, 0.3) is 5.91 Å². The SMILES string of the molecule is CNC(=O)c1ccc(CN2CCC(N(C)CCCO)CC2)cc1. The average Bonchev–Trinajstić information content (AvgIpc) is 2.60. The number of nitrogens with one attached hydrogen (secondary N) is 1. The zero-order chi connectivity index (χ0) is 16.7. The van der Waals surface area contributed by atoms with Crippen LogP contribution in [-0.4, -0.2) is 67.2 Å². The summed E-state index contributed by atoms with van der Waals surface area (Å²) in [6, 6.07) is 8.51. The maximum Gasteiger partial charge on any atom is 0.251 e. The summed E-state index contributed by atoms with van der Waals surface area (Å²) in [6.07, 6.45) is 3.21. The van der Waals surface area contributed by atoms with E-state index < -0.39 is 0 Å². The molecule has 1 aliphatic heterocycles. The maximum atomic E-state index is 11.5. The number of carbonyl (C=O) groups excluding carboxylic acids is 1. The summed E-state index contributed by atoms with van der Waals surface area (Å²) in [5, 5.41) is 11.6. The van der Waals surface area contributed by atoms with Gasteiger partial charge in [-0.15, -0.1) is 0 Å². The Morgan fingerprint density at radius 1 is 1.30 bits per heavy atom. The summed E-state index contributed by atoms with van der Waals surface area (Å²) in [4.78, 5) is 16.4. The fourth-order valence-corrected chi connectivity index (χ4v) is 3.18. The second-order valence-corrected chi connectivity index (χ2v) is 6.34. The predicted molar refractivity (Wildman–Crippen MR) is 92.5 cm³/mol. The van der Waals surface area contributed by atoms with Gasteiger partial charge < -0.3 is 15.3 Å². The highest BCUT2D eigenvalue weighted by Gasteiger charge is 2.22. The van der Waals surface area contributed by atoms with Crippen LogP contribution in [0.2, 0.25) is 0 Å². The number of amides is 1. The molecule has 5 heteroatoms. The molecule has 1 fully saturated rings. The monoisotopic (exact) mass is 319 g/mol. The maximum absolute atomic E-state index is 11.5. The average molecular weight is 319 g/mol. The number of benzene rings is 1. The van der Waals surface area contributed by atoms with E-state index in [1.54, 1.807) is 7.05 Å². The summed E-state index contributed by atoms with van der Waals surface area (Å²) in [7, 11) is 3.81. The van der Waals surface area contributed by atoms with Crippen LogP contribution in [0.4, 0.5) is 0 Å². The van der Waals surface area contributed by atoms with E-state index in [0.29, 0.717) is 11.6 Å². The molecule has 128 valence electrons. The van der Waals surface area contributed by atoms with Gasteiger partial charge in [0, 0.05) is 38.3 Å². The first-order valence-electron chi connectivity index (χ1n) is 8.48. The molecule has 1 heterocycles. The van der Waals surface area contributed by atoms with E-state index in [1.807, 2.05) is 24.3 Å². The van der Waals surface area contributed by atoms with Crippen molar-refractivity contribution in [3.05, 3.63) is 35.4 Å². The third kappa shape index (κ3) is 5.30. The van der Waals surface area contributed by atoms with Crippen LogP contribution in [0.1, 0.15) is 35.2 Å². The van der Waals surface area contributed by atoms with Crippen LogP contribution in [0.15, 0.2) is 24.3 Å². The first-order chi connectivity index (χ1) is 11.1. The van der Waals surface area contributed by atoms with Crippen molar-refractivity contribution >= 4 is 5.91 Å². The van der Waals surface area contributed by atoms with E-state index in [2.05, 4.69) is 22.2 Å². The summed E-state index contributed by atoms with van der Waals surface area (Å²) >= 11 is 0. The van der Waals surface area contributed by atoms with Gasteiger partial charge in [-0.2, -0.15) is 0 Å². The lowest BCUT2D eigenvalue weighted by atomic mass is 10.0. The molecule has 1 aromatic carbocycles. The van der Waals surface area contributed by atoms with Crippen molar-refractivity contribution in [1.29, 1.82) is 0 Å². The zero-order valence-electron chi connectivity index (χ0n) is 14.3. The van der Waals surface area contributed by atoms with Gasteiger partial charge in [-0.1, -0.05) is 12.1 Å². The van der Waals surface area contributed by atoms with Crippen molar-refractivity contribution in [2.24, 2.45) is 0 Å². The first-order valence-corrected chi connectivity index (χ1v) is 8.48. The first kappa shape index (κ1) is 17.9. The molecule has 0 unspecified atom stereocenters. The Morgan fingerprint density at radius 2 is 1.96 bits per heavy atom. The Balaban J connectivity index is 1.79. The Kier molecular flexibility index (Phi) is 7.02. The summed E-state index contributed by atoms with van der Waals surface area (Å²) < 4.78 is 0. The van der Waals surface area contributed by atoms with Crippen molar-refractivity contribution in [2.45, 2.75) is 31.8 Å². The lowest BCUT2D eigenvalue weighted by molar-refractivity contribution is 0.0963. The van der Waals surface area contributed by atoms with Crippen LogP contribution >= 0.6 is 0 Å². The minimum absolute atomic E-state index is 0.0386. The second kappa shape index (κ2) is 9.01. The lowest BCUT2D eigenvalue weighted by Crippen LogP contribution is -2.43. The number of aliphatic hydroxyl groups is 1. The minimum atomic E-state index is -0.0386. The fraction of sp³-hybridized carbons (Fsp3) is 0.611. The van der Waals surface area contributed by atoms with E-state index in [9.17, 15) is 4.79 Å². The summed E-state index contributed by atoms with van der Waals surface area (Å²) in [5.41, 5.74) is 1.96. The largest absolute Gasteiger partial charge is 0.396 e. The highest BCUT2D eigenvalue weighted by atomic mass is 16.3. The Bertz CT molecular complexity index is 482. The molecular formula is C18H29N3O2. The Hall–Kier alpha value is -1.43. The van der Waals surface area contributed by atoms with Crippen molar-refractivity contribution in [3.63, 3.8) is 0 Å². The molecule has 0 radical (unpaired) electrons. The number of aliphatic hydroxyl groups excluding tert-OH is 1. The third-order valence-corrected chi connectivity index (χ3v) is 4.70. The molecule has 1 amide bonds. The lowest BCUT2D eigenvalue weighted by Gasteiger charge is -2.36. The fourth-order valence-electron chi connectivity index (χ4n) is 3.18. The molecule has 1 aromatic rings. The van der Waals surface area contributed by atoms with E-state index in [-0.39, 0.29) is 12.5 Å². The van der Waals surface area contributed by atoms with Gasteiger partial charge in [-0.05, 0) is 57.1 Å². The quantitative estimate of drug-likeness (QED) is 0.796. The second-order valence-electron chi connectivity index (χ2n) is 6.34. The van der Waals surface area contributed by atoms with Crippen LogP contribution < -0.4 is 5.32 Å². The smallest absolute Gasteiger partial charge is 0.251 e. The highest BCUT2D eigenvalue weighted by Crippen LogP contribution is 2.18. The van der Waals surface area contributed by atoms with Gasteiger partial charge in [-0.25, -0.2) is 0 Å². The van der Waals surface area contributed by atoms with Crippen molar-refractivity contribution in [1.82, 2.24) is 15.1 Å². The molecule has 23 heavy (non-hydrogen) atoms. The highest BCUT2D eigenvalue weighted by molar-refractivity contribution is 5.93. The number of rotatable bonds is 7. The standard InChI is InChI=1S/C18H29N3O2/c1-19-18(23)16-6-4-15(5-7-16)14-21-11-8-17(9-12-21)20(2)10-3-13-22/h4-7,17,22H,3,8-14H2,1-2H3,(H,19,23). The Morgan fingerprint density at radius 3 is 2.52 bits per heavy atom. The molecule has 0 aliphatic carbocycles. The molecule has 0 bridgehead atoms. The molecular weight excluding hydrogens is 290 g/mol. The molecule has 5 nitrogen and oxygen atoms in total. The van der Waals surface area contributed by atoms with Gasteiger partial charge in [0.1, 0.15) is 0 Å². The third-order valence-electron chi connectivity index (χ3n) is 4.70. The van der Waals surface area contributed by atoms with Gasteiger partial charge in [0.15, 0.2) is 0 Å². The molecule has 2 rings (SSSR count). The molecule has 0 saturated carbocycles. The minimum Gasteiger partial charge on any atom is -0.396 e. The van der Waals surface area contributed by atoms with E-state index in [1.165, 1.54) is 18.4 Å². The van der Waals surface area contributed by atoms with Gasteiger partial charge in [0.2, 0.25) is 0 Å². The number of hydrogen-bond donors (Lipinski definition) is 2. The Labute approximate surface area is 139 Å². The molecule has 0 aromatic heterocycles. The molecule has 1 aliphatic rings. The molecule has 1 saturated heterocycles. The number of nitrogens with zero attached hydrogens (tertiary/aromatic N) is 2. The van der Waals surface area contributed by atoms with Crippen LogP contribution in [-0.2, 0) is 6.54 Å². The van der Waals surface area contributed by atoms with Gasteiger partial charge >= 0.3 is 0 Å². The van der Waals surface area contributed by atoms with Crippen LogP contribution in [0.5, 0.6) is 0 Å². The summed E-state index contributed by atoms with van der Waals surface area (Å²) in [6.45, 7) is 4.40. The topological polar surface area (TPSA) is 55.8 Å².